The van der Waals surface area contributed by atoms with Gasteiger partial charge in [-0.1, -0.05) is 43.7 Å². The van der Waals surface area contributed by atoms with Gasteiger partial charge in [-0.2, -0.15) is 0 Å². The molecule has 3 rings (SSSR count). The summed E-state index contributed by atoms with van der Waals surface area (Å²) in [5.41, 5.74) is 3.18. The summed E-state index contributed by atoms with van der Waals surface area (Å²) < 4.78 is 0. The smallest absolute Gasteiger partial charge is 0.322 e. The molecule has 150 valence electrons. The van der Waals surface area contributed by atoms with Crippen LogP contribution in [0.2, 0.25) is 0 Å². The van der Waals surface area contributed by atoms with Crippen molar-refractivity contribution < 1.29 is 14.4 Å². The quantitative estimate of drug-likeness (QED) is 0.787. The second kappa shape index (κ2) is 8.04. The Hall–Kier alpha value is -2.83. The summed E-state index contributed by atoms with van der Waals surface area (Å²) in [4.78, 5) is 41.1. The molecule has 0 spiro atoms. The van der Waals surface area contributed by atoms with Crippen LogP contribution in [0.5, 0.6) is 0 Å². The maximum Gasteiger partial charge on any atom is 0.322 e. The molecule has 2 heterocycles. The van der Waals surface area contributed by atoms with Gasteiger partial charge in [0.2, 0.25) is 5.91 Å². The van der Waals surface area contributed by atoms with Crippen LogP contribution in [0.4, 0.5) is 4.79 Å². The van der Waals surface area contributed by atoms with Gasteiger partial charge in [0.25, 0.3) is 5.91 Å². The zero-order valence-corrected chi connectivity index (χ0v) is 16.9. The number of benzene rings is 1. The molecule has 7 heteroatoms. The van der Waals surface area contributed by atoms with E-state index in [9.17, 15) is 14.4 Å². The largest absolute Gasteiger partial charge is 0.354 e. The molecule has 0 saturated heterocycles. The Morgan fingerprint density at radius 2 is 2.07 bits per heavy atom. The lowest BCUT2D eigenvalue weighted by Crippen LogP contribution is -2.47. The summed E-state index contributed by atoms with van der Waals surface area (Å²) in [5, 5.41) is 5.81. The van der Waals surface area contributed by atoms with Crippen LogP contribution in [0.1, 0.15) is 37.9 Å². The van der Waals surface area contributed by atoms with Crippen LogP contribution < -0.4 is 10.6 Å². The maximum atomic E-state index is 13.2. The van der Waals surface area contributed by atoms with Gasteiger partial charge in [0.05, 0.1) is 23.9 Å². The number of nitrogens with zero attached hydrogens (tertiary/aromatic N) is 2. The normalized spacial score (nSPS) is 19.2. The van der Waals surface area contributed by atoms with Crippen molar-refractivity contribution in [3.8, 4) is 0 Å². The molecule has 28 heavy (non-hydrogen) atoms. The molecular formula is C21H28N4O3. The number of rotatable bonds is 6. The van der Waals surface area contributed by atoms with Crippen LogP contribution >= 0.6 is 0 Å². The molecule has 0 fully saturated rings. The molecule has 1 aromatic carbocycles. The lowest BCUT2D eigenvalue weighted by atomic mass is 9.94. The fourth-order valence-electron chi connectivity index (χ4n) is 3.66. The highest BCUT2D eigenvalue weighted by Crippen LogP contribution is 2.36. The van der Waals surface area contributed by atoms with Gasteiger partial charge in [-0.25, -0.2) is 4.79 Å². The predicted molar refractivity (Wildman–Crippen MR) is 106 cm³/mol. The van der Waals surface area contributed by atoms with E-state index in [1.807, 2.05) is 52.0 Å². The fraction of sp³-hybridized carbons (Fsp3) is 0.476. The first kappa shape index (κ1) is 19.9. The zero-order chi connectivity index (χ0) is 20.4. The molecular weight excluding hydrogens is 356 g/mol. The van der Waals surface area contributed by atoms with Gasteiger partial charge in [0, 0.05) is 13.1 Å². The molecule has 1 aromatic rings. The van der Waals surface area contributed by atoms with Gasteiger partial charge in [-0.15, -0.1) is 0 Å². The zero-order valence-electron chi connectivity index (χ0n) is 16.9. The lowest BCUT2D eigenvalue weighted by Gasteiger charge is -2.33. The number of amides is 4. The predicted octanol–water partition coefficient (Wildman–Crippen LogP) is 1.95. The van der Waals surface area contributed by atoms with E-state index in [0.29, 0.717) is 30.3 Å². The second-order valence-corrected chi connectivity index (χ2v) is 7.76. The molecule has 4 amide bonds. The Morgan fingerprint density at radius 3 is 2.71 bits per heavy atom. The Balaban J connectivity index is 1.87. The average molecular weight is 384 g/mol. The van der Waals surface area contributed by atoms with Crippen molar-refractivity contribution >= 4 is 17.8 Å². The van der Waals surface area contributed by atoms with Crippen molar-refractivity contribution in [2.75, 3.05) is 26.2 Å². The fourth-order valence-corrected chi connectivity index (χ4v) is 3.66. The van der Waals surface area contributed by atoms with E-state index in [0.717, 1.165) is 11.1 Å². The third kappa shape index (κ3) is 3.88. The van der Waals surface area contributed by atoms with E-state index >= 15 is 0 Å². The monoisotopic (exact) mass is 384 g/mol. The first-order chi connectivity index (χ1) is 13.3. The Bertz CT molecular complexity index is 831. The minimum absolute atomic E-state index is 0.00909. The van der Waals surface area contributed by atoms with E-state index in [2.05, 4.69) is 10.6 Å². The third-order valence-electron chi connectivity index (χ3n) is 5.03. The second-order valence-electron chi connectivity index (χ2n) is 7.76. The summed E-state index contributed by atoms with van der Waals surface area (Å²) >= 11 is 0. The molecule has 2 aliphatic rings. The minimum Gasteiger partial charge on any atom is -0.354 e. The van der Waals surface area contributed by atoms with Crippen molar-refractivity contribution in [3.63, 3.8) is 0 Å². The van der Waals surface area contributed by atoms with Crippen LogP contribution in [0.3, 0.4) is 0 Å². The van der Waals surface area contributed by atoms with Gasteiger partial charge in [0.1, 0.15) is 6.54 Å². The number of likely N-dealkylation sites (N-methyl/N-ethyl adjacent to an activating group) is 1. The Kier molecular flexibility index (Phi) is 5.72. The molecule has 7 nitrogen and oxygen atoms in total. The van der Waals surface area contributed by atoms with E-state index in [1.54, 1.807) is 4.90 Å². The number of carbonyl (C=O) groups is 3. The van der Waals surface area contributed by atoms with E-state index in [-0.39, 0.29) is 30.9 Å². The Morgan fingerprint density at radius 1 is 1.32 bits per heavy atom. The van der Waals surface area contributed by atoms with E-state index in [4.69, 9.17) is 0 Å². The number of hydrogen-bond donors (Lipinski definition) is 2. The van der Waals surface area contributed by atoms with Gasteiger partial charge < -0.3 is 15.5 Å². The summed E-state index contributed by atoms with van der Waals surface area (Å²) in [7, 11) is 0. The topological polar surface area (TPSA) is 81.8 Å². The lowest BCUT2D eigenvalue weighted by molar-refractivity contribution is -0.132. The van der Waals surface area contributed by atoms with Crippen LogP contribution in [0, 0.1) is 12.8 Å². The molecule has 0 aromatic heterocycles. The number of hydrogen-bond acceptors (Lipinski definition) is 3. The maximum absolute atomic E-state index is 13.2. The van der Waals surface area contributed by atoms with Crippen LogP contribution in [-0.4, -0.2) is 53.8 Å². The van der Waals surface area contributed by atoms with Crippen LogP contribution in [0.15, 0.2) is 35.5 Å². The molecule has 0 unspecified atom stereocenters. The van der Waals surface area contributed by atoms with Crippen LogP contribution in [-0.2, 0) is 9.59 Å². The highest BCUT2D eigenvalue weighted by atomic mass is 16.2. The Labute approximate surface area is 165 Å². The van der Waals surface area contributed by atoms with Crippen LogP contribution in [0.25, 0.3) is 0 Å². The highest BCUT2D eigenvalue weighted by Gasteiger charge is 2.43. The molecule has 0 aliphatic carbocycles. The highest BCUT2D eigenvalue weighted by molar-refractivity contribution is 6.03. The number of aryl methyl sites for hydroxylation is 1. The molecule has 2 aliphatic heterocycles. The standard InChI is InChI=1S/C21H28N4O3/c1-5-25-16-11-24(12-17(26)22-10-13(2)3)20(27)18(16)19(23-21(25)28)15-8-6-7-14(4)9-15/h6-9,13,19H,5,10-12H2,1-4H3,(H,22,26)(H,23,28)/t19-/m1/s1. The molecule has 0 radical (unpaired) electrons. The number of nitrogens with one attached hydrogen (secondary N) is 2. The van der Waals surface area contributed by atoms with Crippen molar-refractivity contribution in [2.24, 2.45) is 5.92 Å². The summed E-state index contributed by atoms with van der Waals surface area (Å²) in [6.07, 6.45) is 0. The minimum atomic E-state index is -0.499. The number of carbonyl (C=O) groups excluding carboxylic acids is 3. The molecule has 1 atom stereocenters. The number of urea groups is 1. The summed E-state index contributed by atoms with van der Waals surface area (Å²) in [6, 6.07) is 7.06. The average Bonchev–Trinajstić information content (AvgIpc) is 2.95. The third-order valence-corrected chi connectivity index (χ3v) is 5.03. The molecule has 2 N–H and O–H groups in total. The van der Waals surface area contributed by atoms with Gasteiger partial charge in [-0.05, 0) is 25.3 Å². The first-order valence-corrected chi connectivity index (χ1v) is 9.75. The van der Waals surface area contributed by atoms with Gasteiger partial charge in [-0.3, -0.25) is 14.5 Å². The summed E-state index contributed by atoms with van der Waals surface area (Å²) in [5.74, 6) is -0.0383. The first-order valence-electron chi connectivity index (χ1n) is 9.75. The van der Waals surface area contributed by atoms with E-state index in [1.165, 1.54) is 4.90 Å². The van der Waals surface area contributed by atoms with Gasteiger partial charge in [0.15, 0.2) is 0 Å². The molecule has 0 bridgehead atoms. The van der Waals surface area contributed by atoms with Gasteiger partial charge >= 0.3 is 6.03 Å². The SMILES string of the molecule is CCN1C(=O)N[C@H](c2cccc(C)c2)C2=C1CN(CC(=O)NCC(C)C)C2=O. The van der Waals surface area contributed by atoms with Crippen molar-refractivity contribution in [3.05, 3.63) is 46.7 Å². The van der Waals surface area contributed by atoms with E-state index < -0.39 is 6.04 Å². The summed E-state index contributed by atoms with van der Waals surface area (Å²) in [6.45, 7) is 9.18. The van der Waals surface area contributed by atoms with Crippen molar-refractivity contribution in [1.82, 2.24) is 20.4 Å². The van der Waals surface area contributed by atoms with Crippen molar-refractivity contribution in [2.45, 2.75) is 33.7 Å². The van der Waals surface area contributed by atoms with Crippen molar-refractivity contribution in [1.29, 1.82) is 0 Å². The molecule has 0 saturated carbocycles.